The minimum absolute atomic E-state index is 0.0475. The van der Waals surface area contributed by atoms with Crippen LogP contribution in [0.4, 0.5) is 0 Å². The number of benzene rings is 2. The molecular formula is C16H14O8S. The van der Waals surface area contributed by atoms with Gasteiger partial charge in [-0.2, -0.15) is 8.42 Å². The molecule has 132 valence electrons. The molecule has 0 fully saturated rings. The first kappa shape index (κ1) is 18.4. The van der Waals surface area contributed by atoms with Crippen LogP contribution in [0.25, 0.3) is 0 Å². The lowest BCUT2D eigenvalue weighted by Crippen LogP contribution is -2.07. The Kier molecular flexibility index (Phi) is 5.40. The minimum atomic E-state index is -4.40. The van der Waals surface area contributed by atoms with Crippen LogP contribution in [0.1, 0.15) is 20.7 Å². The van der Waals surface area contributed by atoms with Gasteiger partial charge in [-0.3, -0.25) is 4.55 Å². The lowest BCUT2D eigenvalue weighted by atomic mass is 10.1. The predicted molar refractivity (Wildman–Crippen MR) is 85.5 cm³/mol. The second-order valence-corrected chi connectivity index (χ2v) is 6.20. The van der Waals surface area contributed by atoms with E-state index in [-0.39, 0.29) is 27.5 Å². The molecule has 0 heterocycles. The fourth-order valence-corrected chi connectivity index (χ4v) is 2.48. The normalized spacial score (nSPS) is 10.8. The molecule has 0 saturated carbocycles. The maximum Gasteiger partial charge on any atom is 0.338 e. The number of methoxy groups -OCH3 is 2. The summed E-state index contributed by atoms with van der Waals surface area (Å²) >= 11 is 0. The molecule has 9 heteroatoms. The molecule has 1 N–H and O–H groups in total. The Hall–Kier alpha value is -2.91. The lowest BCUT2D eigenvalue weighted by Gasteiger charge is -2.10. The largest absolute Gasteiger partial charge is 0.465 e. The zero-order valence-corrected chi connectivity index (χ0v) is 14.1. The molecule has 0 unspecified atom stereocenters. The van der Waals surface area contributed by atoms with Crippen molar-refractivity contribution in [2.24, 2.45) is 0 Å². The summed E-state index contributed by atoms with van der Waals surface area (Å²) in [6, 6.07) is 9.00. The Morgan fingerprint density at radius 2 is 1.44 bits per heavy atom. The zero-order chi connectivity index (χ0) is 18.6. The quantitative estimate of drug-likeness (QED) is 0.633. The van der Waals surface area contributed by atoms with Crippen molar-refractivity contribution < 1.29 is 36.8 Å². The van der Waals surface area contributed by atoms with Crippen molar-refractivity contribution in [1.82, 2.24) is 0 Å². The summed E-state index contributed by atoms with van der Waals surface area (Å²) in [7, 11) is -2.03. The summed E-state index contributed by atoms with van der Waals surface area (Å²) in [5, 5.41) is 0. The molecule has 0 bridgehead atoms. The molecule has 0 aromatic heterocycles. The van der Waals surface area contributed by atoms with E-state index in [4.69, 9.17) is 9.29 Å². The van der Waals surface area contributed by atoms with E-state index >= 15 is 0 Å². The van der Waals surface area contributed by atoms with E-state index in [1.807, 2.05) is 0 Å². The van der Waals surface area contributed by atoms with Gasteiger partial charge >= 0.3 is 11.9 Å². The molecule has 0 saturated heterocycles. The molecule has 0 atom stereocenters. The molecule has 25 heavy (non-hydrogen) atoms. The van der Waals surface area contributed by atoms with Crippen LogP contribution in [-0.4, -0.2) is 39.1 Å². The minimum Gasteiger partial charge on any atom is -0.465 e. The van der Waals surface area contributed by atoms with Gasteiger partial charge in [-0.1, -0.05) is 6.07 Å². The van der Waals surface area contributed by atoms with Crippen molar-refractivity contribution in [3.63, 3.8) is 0 Å². The average Bonchev–Trinajstić information content (AvgIpc) is 2.59. The van der Waals surface area contributed by atoms with Gasteiger partial charge in [-0.05, 0) is 30.3 Å². The van der Waals surface area contributed by atoms with E-state index in [2.05, 4.69) is 9.47 Å². The summed E-state index contributed by atoms with van der Waals surface area (Å²) in [5.41, 5.74) is 0.0951. The highest BCUT2D eigenvalue weighted by molar-refractivity contribution is 7.85. The maximum absolute atomic E-state index is 11.7. The van der Waals surface area contributed by atoms with Crippen molar-refractivity contribution in [2.45, 2.75) is 4.90 Å². The van der Waals surface area contributed by atoms with Gasteiger partial charge in [0, 0.05) is 6.07 Å². The molecule has 0 aliphatic rings. The average molecular weight is 366 g/mol. The highest BCUT2D eigenvalue weighted by atomic mass is 32.2. The molecule has 0 radical (unpaired) electrons. The van der Waals surface area contributed by atoms with Crippen LogP contribution in [0.5, 0.6) is 11.5 Å². The van der Waals surface area contributed by atoms with Crippen molar-refractivity contribution in [3.8, 4) is 11.5 Å². The van der Waals surface area contributed by atoms with Crippen LogP contribution < -0.4 is 4.74 Å². The van der Waals surface area contributed by atoms with Gasteiger partial charge in [0.05, 0.1) is 30.2 Å². The summed E-state index contributed by atoms with van der Waals surface area (Å²) in [6.45, 7) is 0. The number of carbonyl (C=O) groups excluding carboxylic acids is 2. The Labute approximate surface area is 143 Å². The summed E-state index contributed by atoms with van der Waals surface area (Å²) in [6.07, 6.45) is 0. The van der Waals surface area contributed by atoms with E-state index in [0.29, 0.717) is 0 Å². The summed E-state index contributed by atoms with van der Waals surface area (Å²) in [4.78, 5) is 23.1. The predicted octanol–water partition coefficient (Wildman–Crippen LogP) is 2.30. The summed E-state index contributed by atoms with van der Waals surface area (Å²) in [5.74, 6) is -1.23. The molecule has 2 rings (SSSR count). The highest BCUT2D eigenvalue weighted by Crippen LogP contribution is 2.26. The van der Waals surface area contributed by atoms with E-state index in [9.17, 15) is 18.0 Å². The van der Waals surface area contributed by atoms with Gasteiger partial charge < -0.3 is 14.2 Å². The van der Waals surface area contributed by atoms with Gasteiger partial charge in [0.15, 0.2) is 0 Å². The number of rotatable bonds is 5. The van der Waals surface area contributed by atoms with E-state index in [0.717, 1.165) is 6.07 Å². The molecule has 2 aromatic rings. The van der Waals surface area contributed by atoms with Gasteiger partial charge in [0.1, 0.15) is 11.5 Å². The van der Waals surface area contributed by atoms with Gasteiger partial charge in [0.25, 0.3) is 10.1 Å². The van der Waals surface area contributed by atoms with E-state index in [1.165, 1.54) is 50.6 Å². The SMILES string of the molecule is COC(=O)c1cc(Oc2cccc(S(=O)(=O)O)c2)cc(C(=O)OC)c1. The van der Waals surface area contributed by atoms with Gasteiger partial charge in [-0.15, -0.1) is 0 Å². The Morgan fingerprint density at radius 3 is 1.92 bits per heavy atom. The fraction of sp³-hybridized carbons (Fsp3) is 0.125. The molecule has 0 spiro atoms. The second-order valence-electron chi connectivity index (χ2n) is 4.78. The first-order chi connectivity index (χ1) is 11.7. The monoisotopic (exact) mass is 366 g/mol. The van der Waals surface area contributed by atoms with E-state index in [1.54, 1.807) is 0 Å². The molecule has 0 aliphatic heterocycles. The Bertz CT molecular complexity index is 883. The third kappa shape index (κ3) is 4.55. The molecule has 0 amide bonds. The fourth-order valence-electron chi connectivity index (χ4n) is 1.96. The molecule has 8 nitrogen and oxygen atoms in total. The van der Waals surface area contributed by atoms with Crippen LogP contribution in [0.3, 0.4) is 0 Å². The maximum atomic E-state index is 11.7. The van der Waals surface area contributed by atoms with Crippen LogP contribution in [0.15, 0.2) is 47.4 Å². The Balaban J connectivity index is 2.45. The third-order valence-corrected chi connectivity index (χ3v) is 3.94. The van der Waals surface area contributed by atoms with Crippen LogP contribution in [-0.2, 0) is 19.6 Å². The first-order valence-electron chi connectivity index (χ1n) is 6.81. The Morgan fingerprint density at radius 1 is 0.880 bits per heavy atom. The number of hydrogen-bond acceptors (Lipinski definition) is 7. The number of hydrogen-bond donors (Lipinski definition) is 1. The molecule has 2 aromatic carbocycles. The lowest BCUT2D eigenvalue weighted by molar-refractivity contribution is 0.0598. The highest BCUT2D eigenvalue weighted by Gasteiger charge is 2.16. The number of esters is 2. The topological polar surface area (TPSA) is 116 Å². The van der Waals surface area contributed by atoms with Gasteiger partial charge in [-0.25, -0.2) is 9.59 Å². The standard InChI is InChI=1S/C16H14O8S/c1-22-15(17)10-6-11(16(18)23-2)8-13(7-10)24-12-4-3-5-14(9-12)25(19,20)21/h3-9H,1-2H3,(H,19,20,21). The van der Waals surface area contributed by atoms with Crippen LogP contribution in [0, 0.1) is 0 Å². The third-order valence-electron chi connectivity index (χ3n) is 3.09. The number of ether oxygens (including phenoxy) is 3. The van der Waals surface area contributed by atoms with Crippen molar-refractivity contribution in [3.05, 3.63) is 53.6 Å². The van der Waals surface area contributed by atoms with Crippen molar-refractivity contribution in [2.75, 3.05) is 14.2 Å². The first-order valence-corrected chi connectivity index (χ1v) is 8.25. The van der Waals surface area contributed by atoms with Crippen LogP contribution in [0.2, 0.25) is 0 Å². The zero-order valence-electron chi connectivity index (χ0n) is 13.3. The molecular weight excluding hydrogens is 352 g/mol. The number of carbonyl (C=O) groups is 2. The van der Waals surface area contributed by atoms with Crippen molar-refractivity contribution in [1.29, 1.82) is 0 Å². The van der Waals surface area contributed by atoms with E-state index < -0.39 is 22.1 Å². The van der Waals surface area contributed by atoms with Crippen molar-refractivity contribution >= 4 is 22.1 Å². The van der Waals surface area contributed by atoms with Gasteiger partial charge in [0.2, 0.25) is 0 Å². The smallest absolute Gasteiger partial charge is 0.338 e. The van der Waals surface area contributed by atoms with Crippen LogP contribution >= 0.6 is 0 Å². The summed E-state index contributed by atoms with van der Waals surface area (Å²) < 4.78 is 46.2. The molecule has 0 aliphatic carbocycles. The second kappa shape index (κ2) is 7.32.